The highest BCUT2D eigenvalue weighted by Crippen LogP contribution is 2.43. The van der Waals surface area contributed by atoms with Crippen molar-refractivity contribution in [2.75, 3.05) is 28.4 Å². The second-order valence-corrected chi connectivity index (χ2v) is 4.53. The number of aryl methyl sites for hydroxylation is 1. The van der Waals surface area contributed by atoms with Crippen molar-refractivity contribution in [3.8, 4) is 17.2 Å². The number of fused-ring (bicyclic) bond motifs is 1. The van der Waals surface area contributed by atoms with Crippen LogP contribution in [0.25, 0.3) is 10.8 Å². The van der Waals surface area contributed by atoms with Gasteiger partial charge in [0.15, 0.2) is 11.5 Å². The number of hydrogen-bond acceptors (Lipinski definition) is 5. The van der Waals surface area contributed by atoms with Crippen LogP contribution in [0.3, 0.4) is 0 Å². The maximum Gasteiger partial charge on any atom is 0.338 e. The molecule has 0 unspecified atom stereocenters. The molecular weight excluding hydrogens is 272 g/mol. The van der Waals surface area contributed by atoms with Crippen LogP contribution in [0.15, 0.2) is 18.2 Å². The molecule has 0 aliphatic rings. The minimum Gasteiger partial charge on any atom is -0.493 e. The molecule has 0 saturated carbocycles. The molecule has 0 amide bonds. The monoisotopic (exact) mass is 290 g/mol. The normalized spacial score (nSPS) is 10.3. The predicted molar refractivity (Wildman–Crippen MR) is 79.7 cm³/mol. The summed E-state index contributed by atoms with van der Waals surface area (Å²) in [5, 5.41) is 1.66. The van der Waals surface area contributed by atoms with Gasteiger partial charge in [0.1, 0.15) is 0 Å². The van der Waals surface area contributed by atoms with Gasteiger partial charge in [0.2, 0.25) is 5.75 Å². The van der Waals surface area contributed by atoms with E-state index in [4.69, 9.17) is 18.9 Å². The number of carbonyl (C=O) groups excluding carboxylic acids is 1. The van der Waals surface area contributed by atoms with Crippen molar-refractivity contribution in [3.63, 3.8) is 0 Å². The molecule has 21 heavy (non-hydrogen) atoms. The fourth-order valence-corrected chi connectivity index (χ4v) is 2.36. The zero-order valence-corrected chi connectivity index (χ0v) is 12.8. The Labute approximate surface area is 123 Å². The lowest BCUT2D eigenvalue weighted by Crippen LogP contribution is -2.04. The largest absolute Gasteiger partial charge is 0.493 e. The van der Waals surface area contributed by atoms with Crippen LogP contribution in [0.1, 0.15) is 15.9 Å². The first kappa shape index (κ1) is 15.0. The zero-order valence-electron chi connectivity index (χ0n) is 12.8. The quantitative estimate of drug-likeness (QED) is 0.810. The number of carbonyl (C=O) groups is 1. The van der Waals surface area contributed by atoms with Crippen LogP contribution in [-0.4, -0.2) is 34.4 Å². The highest BCUT2D eigenvalue weighted by Gasteiger charge is 2.18. The molecule has 0 atom stereocenters. The van der Waals surface area contributed by atoms with E-state index in [0.717, 1.165) is 16.3 Å². The third kappa shape index (κ3) is 2.46. The number of esters is 1. The number of rotatable bonds is 4. The average molecular weight is 290 g/mol. The molecule has 0 aliphatic heterocycles. The van der Waals surface area contributed by atoms with Gasteiger partial charge in [-0.05, 0) is 36.1 Å². The minimum atomic E-state index is -0.372. The number of methoxy groups -OCH3 is 4. The summed E-state index contributed by atoms with van der Waals surface area (Å²) in [6.45, 7) is 1.85. The van der Waals surface area contributed by atoms with Gasteiger partial charge >= 0.3 is 5.97 Å². The van der Waals surface area contributed by atoms with Crippen LogP contribution in [0, 0.1) is 6.92 Å². The number of ether oxygens (including phenoxy) is 4. The van der Waals surface area contributed by atoms with Gasteiger partial charge in [-0.3, -0.25) is 0 Å². The molecule has 0 radical (unpaired) electrons. The first-order valence-corrected chi connectivity index (χ1v) is 6.39. The molecule has 0 saturated heterocycles. The zero-order chi connectivity index (χ0) is 15.6. The van der Waals surface area contributed by atoms with Gasteiger partial charge in [0.25, 0.3) is 0 Å². The molecule has 112 valence electrons. The molecule has 0 aliphatic carbocycles. The molecule has 2 rings (SSSR count). The summed E-state index contributed by atoms with van der Waals surface area (Å²) in [7, 11) is 6.04. The van der Waals surface area contributed by atoms with Crippen LogP contribution in [0.2, 0.25) is 0 Å². The van der Waals surface area contributed by atoms with E-state index in [0.29, 0.717) is 22.8 Å². The van der Waals surface area contributed by atoms with Crippen LogP contribution >= 0.6 is 0 Å². The molecule has 0 bridgehead atoms. The second-order valence-electron chi connectivity index (χ2n) is 4.53. The lowest BCUT2D eigenvalue weighted by atomic mass is 10.0. The van der Waals surface area contributed by atoms with Crippen molar-refractivity contribution in [1.29, 1.82) is 0 Å². The fourth-order valence-electron chi connectivity index (χ4n) is 2.36. The van der Waals surface area contributed by atoms with Gasteiger partial charge < -0.3 is 18.9 Å². The van der Waals surface area contributed by atoms with Gasteiger partial charge in [-0.25, -0.2) is 4.79 Å². The van der Waals surface area contributed by atoms with Crippen LogP contribution < -0.4 is 14.2 Å². The van der Waals surface area contributed by atoms with Crippen molar-refractivity contribution in [1.82, 2.24) is 0 Å². The summed E-state index contributed by atoms with van der Waals surface area (Å²) in [6.07, 6.45) is 0. The minimum absolute atomic E-state index is 0.372. The van der Waals surface area contributed by atoms with Crippen molar-refractivity contribution in [2.24, 2.45) is 0 Å². The molecule has 0 N–H and O–H groups in total. The smallest absolute Gasteiger partial charge is 0.338 e. The molecule has 2 aromatic carbocycles. The molecule has 0 spiro atoms. The summed E-state index contributed by atoms with van der Waals surface area (Å²) in [5.74, 6) is 1.27. The van der Waals surface area contributed by atoms with E-state index in [1.807, 2.05) is 19.1 Å². The van der Waals surface area contributed by atoms with E-state index < -0.39 is 0 Å². The molecule has 0 heterocycles. The standard InChI is InChI=1S/C16H18O5/c1-9-6-12-10(7-11(9)16(17)21-5)8-13(18-2)15(20-4)14(12)19-3/h6-8H,1-5H3. The highest BCUT2D eigenvalue weighted by atomic mass is 16.5. The van der Waals surface area contributed by atoms with E-state index in [9.17, 15) is 4.79 Å². The Bertz CT molecular complexity index is 691. The summed E-state index contributed by atoms with van der Waals surface area (Å²) in [6, 6.07) is 5.45. The third-order valence-electron chi connectivity index (χ3n) is 3.39. The first-order valence-electron chi connectivity index (χ1n) is 6.39. The highest BCUT2D eigenvalue weighted by molar-refractivity contribution is 6.00. The van der Waals surface area contributed by atoms with Crippen LogP contribution in [-0.2, 0) is 4.74 Å². The molecule has 5 heteroatoms. The first-order chi connectivity index (χ1) is 10.1. The van der Waals surface area contributed by atoms with E-state index >= 15 is 0 Å². The van der Waals surface area contributed by atoms with Crippen molar-refractivity contribution in [3.05, 3.63) is 29.3 Å². The van der Waals surface area contributed by atoms with E-state index in [-0.39, 0.29) is 5.97 Å². The Morgan fingerprint density at radius 1 is 0.905 bits per heavy atom. The fraction of sp³-hybridized carbons (Fsp3) is 0.312. The molecule has 2 aromatic rings. The van der Waals surface area contributed by atoms with Crippen molar-refractivity contribution < 1.29 is 23.7 Å². The Kier molecular flexibility index (Phi) is 4.21. The lowest BCUT2D eigenvalue weighted by molar-refractivity contribution is 0.0600. The van der Waals surface area contributed by atoms with E-state index in [2.05, 4.69) is 0 Å². The topological polar surface area (TPSA) is 54.0 Å². The van der Waals surface area contributed by atoms with Crippen LogP contribution in [0.4, 0.5) is 0 Å². The van der Waals surface area contributed by atoms with Crippen molar-refractivity contribution >= 4 is 16.7 Å². The third-order valence-corrected chi connectivity index (χ3v) is 3.39. The van der Waals surface area contributed by atoms with Gasteiger partial charge in [0, 0.05) is 5.39 Å². The Morgan fingerprint density at radius 3 is 2.10 bits per heavy atom. The van der Waals surface area contributed by atoms with Gasteiger partial charge in [-0.2, -0.15) is 0 Å². The number of hydrogen-bond donors (Lipinski definition) is 0. The summed E-state index contributed by atoms with van der Waals surface area (Å²) >= 11 is 0. The average Bonchev–Trinajstić information content (AvgIpc) is 2.51. The van der Waals surface area contributed by atoms with Crippen molar-refractivity contribution in [2.45, 2.75) is 6.92 Å². The van der Waals surface area contributed by atoms with E-state index in [1.54, 1.807) is 27.4 Å². The Morgan fingerprint density at radius 2 is 1.57 bits per heavy atom. The molecular formula is C16H18O5. The molecule has 0 aromatic heterocycles. The maximum atomic E-state index is 11.8. The van der Waals surface area contributed by atoms with E-state index in [1.165, 1.54) is 7.11 Å². The Balaban J connectivity index is 2.83. The summed E-state index contributed by atoms with van der Waals surface area (Å²) < 4.78 is 20.9. The SMILES string of the molecule is COC(=O)c1cc2cc(OC)c(OC)c(OC)c2cc1C. The molecule has 0 fully saturated rings. The van der Waals surface area contributed by atoms with Gasteiger partial charge in [0.05, 0.1) is 34.0 Å². The maximum absolute atomic E-state index is 11.8. The summed E-state index contributed by atoms with van der Waals surface area (Å²) in [5.41, 5.74) is 1.32. The van der Waals surface area contributed by atoms with Crippen LogP contribution in [0.5, 0.6) is 17.2 Å². The number of benzene rings is 2. The Hall–Kier alpha value is -2.43. The summed E-state index contributed by atoms with van der Waals surface area (Å²) in [4.78, 5) is 11.8. The van der Waals surface area contributed by atoms with Gasteiger partial charge in [-0.1, -0.05) is 0 Å². The molecule has 5 nitrogen and oxygen atoms in total. The second kappa shape index (κ2) is 5.91. The lowest BCUT2D eigenvalue weighted by Gasteiger charge is -2.16. The predicted octanol–water partition coefficient (Wildman–Crippen LogP) is 2.96. The van der Waals surface area contributed by atoms with Gasteiger partial charge in [-0.15, -0.1) is 0 Å².